The van der Waals surface area contributed by atoms with Crippen molar-refractivity contribution in [3.8, 4) is 0 Å². The zero-order valence-electron chi connectivity index (χ0n) is 6.69. The molecule has 0 saturated carbocycles. The minimum Gasteiger partial charge on any atom is -0.306 e. The SMILES string of the molecule is S=c1[nH]ncn1CC1CCSC1. The first kappa shape index (κ1) is 8.31. The fraction of sp³-hybridized carbons (Fsp3) is 0.714. The van der Waals surface area contributed by atoms with Crippen molar-refractivity contribution in [2.75, 3.05) is 11.5 Å². The quantitative estimate of drug-likeness (QED) is 0.739. The van der Waals surface area contributed by atoms with Crippen LogP contribution in [0.4, 0.5) is 0 Å². The molecule has 2 rings (SSSR count). The van der Waals surface area contributed by atoms with Crippen LogP contribution in [0.2, 0.25) is 0 Å². The lowest BCUT2D eigenvalue weighted by Gasteiger charge is -2.07. The molecule has 1 fully saturated rings. The number of thioether (sulfide) groups is 1. The summed E-state index contributed by atoms with van der Waals surface area (Å²) in [7, 11) is 0. The molecular formula is C7H11N3S2. The van der Waals surface area contributed by atoms with Gasteiger partial charge in [-0.1, -0.05) is 0 Å². The topological polar surface area (TPSA) is 33.6 Å². The lowest BCUT2D eigenvalue weighted by atomic mass is 10.1. The highest BCUT2D eigenvalue weighted by Gasteiger charge is 2.15. The Labute approximate surface area is 80.6 Å². The molecule has 1 unspecified atom stereocenters. The Kier molecular flexibility index (Phi) is 2.51. The Morgan fingerprint density at radius 2 is 2.75 bits per heavy atom. The molecule has 1 saturated heterocycles. The summed E-state index contributed by atoms with van der Waals surface area (Å²) >= 11 is 7.09. The maximum absolute atomic E-state index is 5.06. The average Bonchev–Trinajstić information content (AvgIpc) is 2.65. The Balaban J connectivity index is 2.03. The van der Waals surface area contributed by atoms with Crippen LogP contribution in [-0.2, 0) is 6.54 Å². The Hall–Kier alpha value is -0.290. The molecule has 5 heteroatoms. The van der Waals surface area contributed by atoms with Crippen molar-refractivity contribution in [2.45, 2.75) is 13.0 Å². The summed E-state index contributed by atoms with van der Waals surface area (Å²) in [5.74, 6) is 3.36. The molecule has 0 amide bonds. The molecule has 0 aromatic carbocycles. The minimum absolute atomic E-state index is 0.743. The number of aromatic amines is 1. The Morgan fingerprint density at radius 1 is 1.83 bits per heavy atom. The van der Waals surface area contributed by atoms with E-state index in [2.05, 4.69) is 10.2 Å². The van der Waals surface area contributed by atoms with Gasteiger partial charge in [0.25, 0.3) is 0 Å². The van der Waals surface area contributed by atoms with Gasteiger partial charge < -0.3 is 4.57 Å². The van der Waals surface area contributed by atoms with Crippen molar-refractivity contribution in [3.05, 3.63) is 11.1 Å². The van der Waals surface area contributed by atoms with E-state index in [9.17, 15) is 0 Å². The first-order valence-electron chi connectivity index (χ1n) is 4.04. The second-order valence-electron chi connectivity index (χ2n) is 3.04. The number of hydrogen-bond donors (Lipinski definition) is 1. The lowest BCUT2D eigenvalue weighted by Crippen LogP contribution is -2.08. The van der Waals surface area contributed by atoms with Crippen molar-refractivity contribution in [3.63, 3.8) is 0 Å². The molecule has 1 N–H and O–H groups in total. The van der Waals surface area contributed by atoms with Gasteiger partial charge in [-0.3, -0.25) is 5.10 Å². The van der Waals surface area contributed by atoms with Crippen molar-refractivity contribution in [1.29, 1.82) is 0 Å². The van der Waals surface area contributed by atoms with Gasteiger partial charge in [0.15, 0.2) is 4.77 Å². The molecule has 1 aromatic heterocycles. The highest BCUT2D eigenvalue weighted by molar-refractivity contribution is 7.99. The van der Waals surface area contributed by atoms with Crippen LogP contribution in [0, 0.1) is 10.7 Å². The first-order chi connectivity index (χ1) is 5.86. The second kappa shape index (κ2) is 3.62. The Bertz CT molecular complexity index is 298. The van der Waals surface area contributed by atoms with E-state index in [1.165, 1.54) is 17.9 Å². The van der Waals surface area contributed by atoms with Gasteiger partial charge >= 0.3 is 0 Å². The van der Waals surface area contributed by atoms with E-state index >= 15 is 0 Å². The summed E-state index contributed by atoms with van der Waals surface area (Å²) in [6.07, 6.45) is 3.10. The van der Waals surface area contributed by atoms with E-state index in [0.717, 1.165) is 17.2 Å². The number of aromatic nitrogens is 3. The molecule has 0 radical (unpaired) electrons. The van der Waals surface area contributed by atoms with Crippen LogP contribution in [0.25, 0.3) is 0 Å². The van der Waals surface area contributed by atoms with Gasteiger partial charge in [0.2, 0.25) is 0 Å². The highest BCUT2D eigenvalue weighted by Crippen LogP contribution is 2.24. The van der Waals surface area contributed by atoms with E-state index in [1.807, 2.05) is 16.3 Å². The molecule has 1 aliphatic rings. The molecule has 0 spiro atoms. The van der Waals surface area contributed by atoms with Gasteiger partial charge in [-0.05, 0) is 36.1 Å². The molecule has 1 aromatic rings. The van der Waals surface area contributed by atoms with Crippen LogP contribution in [0.1, 0.15) is 6.42 Å². The van der Waals surface area contributed by atoms with Crippen LogP contribution in [0.3, 0.4) is 0 Å². The molecule has 12 heavy (non-hydrogen) atoms. The van der Waals surface area contributed by atoms with Crippen LogP contribution in [0.5, 0.6) is 0 Å². The predicted molar refractivity (Wildman–Crippen MR) is 52.8 cm³/mol. The predicted octanol–water partition coefficient (Wildman–Crippen LogP) is 1.69. The molecule has 3 nitrogen and oxygen atoms in total. The maximum atomic E-state index is 5.06. The van der Waals surface area contributed by atoms with Crippen molar-refractivity contribution < 1.29 is 0 Å². The fourth-order valence-corrected chi connectivity index (χ4v) is 2.85. The van der Waals surface area contributed by atoms with Crippen LogP contribution in [-0.4, -0.2) is 26.3 Å². The number of rotatable bonds is 2. The lowest BCUT2D eigenvalue weighted by molar-refractivity contribution is 0.488. The summed E-state index contributed by atoms with van der Waals surface area (Å²) in [4.78, 5) is 0. The molecular weight excluding hydrogens is 190 g/mol. The van der Waals surface area contributed by atoms with Gasteiger partial charge in [-0.2, -0.15) is 16.9 Å². The standard InChI is InChI=1S/C7H11N3S2/c11-7-9-8-5-10(7)3-6-1-2-12-4-6/h5-6H,1-4H2,(H,9,11). The van der Waals surface area contributed by atoms with E-state index in [4.69, 9.17) is 12.2 Å². The van der Waals surface area contributed by atoms with Gasteiger partial charge in [0, 0.05) is 6.54 Å². The van der Waals surface area contributed by atoms with Crippen LogP contribution in [0.15, 0.2) is 6.33 Å². The fourth-order valence-electron chi connectivity index (χ4n) is 1.41. The molecule has 2 heterocycles. The van der Waals surface area contributed by atoms with Crippen LogP contribution < -0.4 is 0 Å². The van der Waals surface area contributed by atoms with Crippen molar-refractivity contribution in [2.24, 2.45) is 5.92 Å². The second-order valence-corrected chi connectivity index (χ2v) is 4.58. The largest absolute Gasteiger partial charge is 0.306 e. The number of H-pyrrole nitrogens is 1. The third kappa shape index (κ3) is 1.72. The van der Waals surface area contributed by atoms with Crippen molar-refractivity contribution in [1.82, 2.24) is 14.8 Å². The zero-order valence-corrected chi connectivity index (χ0v) is 8.33. The van der Waals surface area contributed by atoms with E-state index in [0.29, 0.717) is 0 Å². The number of hydrogen-bond acceptors (Lipinski definition) is 3. The monoisotopic (exact) mass is 201 g/mol. The van der Waals surface area contributed by atoms with Gasteiger partial charge in [0.1, 0.15) is 6.33 Å². The summed E-state index contributed by atoms with van der Waals surface area (Å²) in [6, 6.07) is 0. The average molecular weight is 201 g/mol. The third-order valence-electron chi connectivity index (χ3n) is 2.10. The maximum Gasteiger partial charge on any atom is 0.194 e. The summed E-state index contributed by atoms with van der Waals surface area (Å²) in [6.45, 7) is 1.03. The smallest absolute Gasteiger partial charge is 0.194 e. The first-order valence-corrected chi connectivity index (χ1v) is 5.60. The number of nitrogens with zero attached hydrogens (tertiary/aromatic N) is 2. The molecule has 0 bridgehead atoms. The minimum atomic E-state index is 0.743. The summed E-state index contributed by atoms with van der Waals surface area (Å²) in [5, 5.41) is 6.65. The van der Waals surface area contributed by atoms with Gasteiger partial charge in [-0.15, -0.1) is 0 Å². The zero-order chi connectivity index (χ0) is 8.39. The summed E-state index contributed by atoms with van der Waals surface area (Å²) < 4.78 is 2.76. The van der Waals surface area contributed by atoms with Crippen molar-refractivity contribution >= 4 is 24.0 Å². The van der Waals surface area contributed by atoms with Crippen LogP contribution >= 0.6 is 24.0 Å². The van der Waals surface area contributed by atoms with E-state index in [-0.39, 0.29) is 0 Å². The van der Waals surface area contributed by atoms with E-state index < -0.39 is 0 Å². The van der Waals surface area contributed by atoms with Gasteiger partial charge in [0.05, 0.1) is 0 Å². The third-order valence-corrected chi connectivity index (χ3v) is 3.65. The van der Waals surface area contributed by atoms with Gasteiger partial charge in [-0.25, -0.2) is 0 Å². The molecule has 1 aliphatic heterocycles. The summed E-state index contributed by atoms with van der Waals surface area (Å²) in [5.41, 5.74) is 0. The molecule has 0 aliphatic carbocycles. The van der Waals surface area contributed by atoms with E-state index in [1.54, 1.807) is 6.33 Å². The molecule has 1 atom stereocenters. The molecule has 66 valence electrons. The normalized spacial score (nSPS) is 23.2. The highest BCUT2D eigenvalue weighted by atomic mass is 32.2. The number of nitrogens with one attached hydrogen (secondary N) is 1. The Morgan fingerprint density at radius 3 is 3.33 bits per heavy atom.